The SMILES string of the molecule is CC.CC.CNC(CS(=O)(=O)O)C(C)=O. The highest BCUT2D eigenvalue weighted by Gasteiger charge is 2.18. The first-order valence-electron chi connectivity index (χ1n) is 4.99. The number of Topliss-reactive ketones (excluding diaryl/α,β-unsaturated/α-hetero) is 1. The Balaban J connectivity index is -0.000000318. The van der Waals surface area contributed by atoms with E-state index >= 15 is 0 Å². The molecule has 0 rings (SSSR count). The molecule has 0 aromatic heterocycles. The van der Waals surface area contributed by atoms with Crippen molar-refractivity contribution in [2.24, 2.45) is 0 Å². The molecule has 0 aliphatic heterocycles. The molecule has 2 N–H and O–H groups in total. The number of carbonyl (C=O) groups excluding carboxylic acids is 1. The Hall–Kier alpha value is -0.460. The minimum absolute atomic E-state index is 0.315. The lowest BCUT2D eigenvalue weighted by molar-refractivity contribution is -0.118. The molecule has 1 unspecified atom stereocenters. The fraction of sp³-hybridized carbons (Fsp3) is 0.889. The summed E-state index contributed by atoms with van der Waals surface area (Å²) < 4.78 is 28.9. The summed E-state index contributed by atoms with van der Waals surface area (Å²) in [6.45, 7) is 9.26. The lowest BCUT2D eigenvalue weighted by Crippen LogP contribution is -2.38. The van der Waals surface area contributed by atoms with E-state index in [9.17, 15) is 13.2 Å². The average Bonchev–Trinajstić information content (AvgIpc) is 2.19. The summed E-state index contributed by atoms with van der Waals surface area (Å²) >= 11 is 0. The van der Waals surface area contributed by atoms with Crippen molar-refractivity contribution >= 4 is 15.9 Å². The molecule has 15 heavy (non-hydrogen) atoms. The van der Waals surface area contributed by atoms with Crippen molar-refractivity contribution in [3.05, 3.63) is 0 Å². The summed E-state index contributed by atoms with van der Waals surface area (Å²) in [5.41, 5.74) is 0. The minimum Gasteiger partial charge on any atom is -0.310 e. The van der Waals surface area contributed by atoms with Crippen LogP contribution in [-0.2, 0) is 14.9 Å². The molecule has 0 amide bonds. The summed E-state index contributed by atoms with van der Waals surface area (Å²) in [6, 6.07) is -0.815. The first-order valence-corrected chi connectivity index (χ1v) is 6.60. The Morgan fingerprint density at radius 1 is 1.27 bits per heavy atom. The predicted molar refractivity (Wildman–Crippen MR) is 62.6 cm³/mol. The molecule has 0 aromatic rings. The van der Waals surface area contributed by atoms with E-state index in [0.29, 0.717) is 0 Å². The molecule has 0 saturated carbocycles. The molecule has 0 radical (unpaired) electrons. The van der Waals surface area contributed by atoms with Gasteiger partial charge in [-0.1, -0.05) is 27.7 Å². The maximum atomic E-state index is 10.6. The molecule has 1 atom stereocenters. The summed E-state index contributed by atoms with van der Waals surface area (Å²) in [7, 11) is -2.61. The highest BCUT2D eigenvalue weighted by Crippen LogP contribution is 1.91. The molecule has 0 fully saturated rings. The van der Waals surface area contributed by atoms with Crippen molar-refractivity contribution in [3.63, 3.8) is 0 Å². The monoisotopic (exact) mass is 241 g/mol. The molecule has 0 heterocycles. The number of rotatable bonds is 4. The number of likely N-dealkylation sites (N-methyl/N-ethyl adjacent to an activating group) is 1. The molecular weight excluding hydrogens is 218 g/mol. The van der Waals surface area contributed by atoms with Crippen molar-refractivity contribution in [3.8, 4) is 0 Å². The largest absolute Gasteiger partial charge is 0.310 e. The summed E-state index contributed by atoms with van der Waals surface area (Å²) in [6.07, 6.45) is 0. The normalized spacial score (nSPS) is 11.4. The Labute approximate surface area is 93.0 Å². The van der Waals surface area contributed by atoms with Gasteiger partial charge in [0, 0.05) is 0 Å². The quantitative estimate of drug-likeness (QED) is 0.720. The van der Waals surface area contributed by atoms with Crippen LogP contribution in [0.4, 0.5) is 0 Å². The van der Waals surface area contributed by atoms with E-state index in [1.807, 2.05) is 27.7 Å². The second-order valence-corrected chi connectivity index (χ2v) is 3.70. The van der Waals surface area contributed by atoms with Gasteiger partial charge in [-0.3, -0.25) is 9.35 Å². The predicted octanol–water partition coefficient (Wildman–Crippen LogP) is 1.10. The van der Waals surface area contributed by atoms with Crippen LogP contribution in [0.1, 0.15) is 34.6 Å². The van der Waals surface area contributed by atoms with Crippen LogP contribution in [0.15, 0.2) is 0 Å². The highest BCUT2D eigenvalue weighted by atomic mass is 32.2. The van der Waals surface area contributed by atoms with E-state index in [-0.39, 0.29) is 5.78 Å². The third-order valence-corrected chi connectivity index (χ3v) is 1.97. The van der Waals surface area contributed by atoms with Gasteiger partial charge in [-0.05, 0) is 14.0 Å². The van der Waals surface area contributed by atoms with Crippen molar-refractivity contribution in [1.29, 1.82) is 0 Å². The van der Waals surface area contributed by atoms with Gasteiger partial charge >= 0.3 is 0 Å². The maximum Gasteiger partial charge on any atom is 0.266 e. The molecule has 0 bridgehead atoms. The van der Waals surface area contributed by atoms with Gasteiger partial charge in [-0.25, -0.2) is 0 Å². The molecule has 6 heteroatoms. The lowest BCUT2D eigenvalue weighted by Gasteiger charge is -2.09. The standard InChI is InChI=1S/C5H11NO4S.2C2H6/c1-4(7)5(6-2)3-11(8,9)10;2*1-2/h5-6H,3H2,1-2H3,(H,8,9,10);2*1-2H3. The smallest absolute Gasteiger partial charge is 0.266 e. The second-order valence-electron chi connectivity index (χ2n) is 2.20. The second kappa shape index (κ2) is 11.6. The lowest BCUT2D eigenvalue weighted by atomic mass is 10.2. The summed E-state index contributed by atoms with van der Waals surface area (Å²) in [4.78, 5) is 10.6. The van der Waals surface area contributed by atoms with Gasteiger partial charge in [-0.15, -0.1) is 0 Å². The van der Waals surface area contributed by atoms with Crippen molar-refractivity contribution in [1.82, 2.24) is 5.32 Å². The molecule has 5 nitrogen and oxygen atoms in total. The number of nitrogens with one attached hydrogen (secondary N) is 1. The van der Waals surface area contributed by atoms with Crippen LogP contribution < -0.4 is 5.32 Å². The van der Waals surface area contributed by atoms with Gasteiger partial charge in [0.15, 0.2) is 0 Å². The van der Waals surface area contributed by atoms with E-state index in [2.05, 4.69) is 5.32 Å². The molecule has 0 aliphatic carbocycles. The zero-order valence-electron chi connectivity index (χ0n) is 10.4. The van der Waals surface area contributed by atoms with Gasteiger partial charge in [0.05, 0.1) is 11.8 Å². The highest BCUT2D eigenvalue weighted by molar-refractivity contribution is 7.85. The molecule has 0 saturated heterocycles. The first-order chi connectivity index (χ1) is 6.87. The zero-order valence-corrected chi connectivity index (χ0v) is 11.2. The Kier molecular flexibility index (Phi) is 15.5. The van der Waals surface area contributed by atoms with Crippen molar-refractivity contribution < 1.29 is 17.8 Å². The minimum atomic E-state index is -4.06. The topological polar surface area (TPSA) is 83.5 Å². The summed E-state index contributed by atoms with van der Waals surface area (Å²) in [5, 5.41) is 2.47. The molecule has 0 aliphatic rings. The fourth-order valence-electron chi connectivity index (χ4n) is 0.615. The molecular formula is C9H23NO4S. The molecule has 0 aromatic carbocycles. The van der Waals surface area contributed by atoms with E-state index in [1.54, 1.807) is 0 Å². The molecule has 0 spiro atoms. The van der Waals surface area contributed by atoms with Crippen LogP contribution in [0.25, 0.3) is 0 Å². The van der Waals surface area contributed by atoms with Crippen LogP contribution in [0.3, 0.4) is 0 Å². The van der Waals surface area contributed by atoms with Gasteiger partial charge in [0.1, 0.15) is 5.78 Å². The van der Waals surface area contributed by atoms with Gasteiger partial charge < -0.3 is 5.32 Å². The van der Waals surface area contributed by atoms with Crippen LogP contribution in [0, 0.1) is 0 Å². The maximum absolute atomic E-state index is 10.6. The van der Waals surface area contributed by atoms with Crippen molar-refractivity contribution in [2.75, 3.05) is 12.8 Å². The van der Waals surface area contributed by atoms with Gasteiger partial charge in [0.2, 0.25) is 0 Å². The van der Waals surface area contributed by atoms with Crippen LogP contribution in [-0.4, -0.2) is 37.6 Å². The Morgan fingerprint density at radius 3 is 1.67 bits per heavy atom. The van der Waals surface area contributed by atoms with Crippen LogP contribution >= 0.6 is 0 Å². The summed E-state index contributed by atoms with van der Waals surface area (Å²) in [5.74, 6) is -0.885. The van der Waals surface area contributed by atoms with E-state index < -0.39 is 21.9 Å². The Morgan fingerprint density at radius 2 is 1.60 bits per heavy atom. The average molecular weight is 241 g/mol. The third-order valence-electron chi connectivity index (χ3n) is 1.22. The number of hydrogen-bond donors (Lipinski definition) is 2. The van der Waals surface area contributed by atoms with Crippen LogP contribution in [0.2, 0.25) is 0 Å². The van der Waals surface area contributed by atoms with E-state index in [4.69, 9.17) is 4.55 Å². The number of carbonyl (C=O) groups is 1. The fourth-order valence-corrected chi connectivity index (χ4v) is 1.44. The van der Waals surface area contributed by atoms with Crippen LogP contribution in [0.5, 0.6) is 0 Å². The first kappa shape index (κ1) is 20.0. The van der Waals surface area contributed by atoms with Crippen molar-refractivity contribution in [2.45, 2.75) is 40.7 Å². The number of hydrogen-bond acceptors (Lipinski definition) is 4. The third kappa shape index (κ3) is 16.2. The van der Waals surface area contributed by atoms with Gasteiger partial charge in [0.25, 0.3) is 10.1 Å². The van der Waals surface area contributed by atoms with Gasteiger partial charge in [-0.2, -0.15) is 8.42 Å². The zero-order chi connectivity index (χ0) is 13.1. The van der Waals surface area contributed by atoms with E-state index in [0.717, 1.165) is 0 Å². The number of ketones is 1. The van der Waals surface area contributed by atoms with E-state index in [1.165, 1.54) is 14.0 Å². The Bertz CT molecular complexity index is 236. The molecule has 94 valence electrons.